The summed E-state index contributed by atoms with van der Waals surface area (Å²) in [5.74, 6) is -0.322. The predicted octanol–water partition coefficient (Wildman–Crippen LogP) is 0.586. The number of nitrogens with zero attached hydrogens (tertiary/aromatic N) is 2. The molecule has 6 heteroatoms. The maximum atomic E-state index is 11.8. The molecule has 1 aromatic heterocycles. The third-order valence-corrected chi connectivity index (χ3v) is 2.40. The van der Waals surface area contributed by atoms with Crippen molar-refractivity contribution in [2.75, 3.05) is 12.8 Å². The zero-order valence-electron chi connectivity index (χ0n) is 10.2. The minimum atomic E-state index is -0.655. The van der Waals surface area contributed by atoms with Crippen LogP contribution in [0.2, 0.25) is 0 Å². The first-order valence-corrected chi connectivity index (χ1v) is 5.37. The molecule has 1 heterocycles. The monoisotopic (exact) mass is 239 g/mol. The molecule has 1 aromatic rings. The standard InChI is InChI=1S/C11H17N3O3/c1-7(2)6-8(11(16)17-3)14-5-4-13-9(12)10(14)15/h4-5,7-8H,6H2,1-3H3,(H2,12,13)/t8-/m0/s1. The van der Waals surface area contributed by atoms with Gasteiger partial charge in [0.15, 0.2) is 5.82 Å². The number of carbonyl (C=O) groups is 1. The Bertz CT molecular complexity index is 454. The van der Waals surface area contributed by atoms with Crippen molar-refractivity contribution in [1.29, 1.82) is 0 Å². The van der Waals surface area contributed by atoms with E-state index in [1.165, 1.54) is 24.1 Å². The molecule has 0 aliphatic heterocycles. The first-order valence-electron chi connectivity index (χ1n) is 5.37. The summed E-state index contributed by atoms with van der Waals surface area (Å²) in [5.41, 5.74) is 4.97. The van der Waals surface area contributed by atoms with Crippen LogP contribution >= 0.6 is 0 Å². The highest BCUT2D eigenvalue weighted by molar-refractivity contribution is 5.74. The quantitative estimate of drug-likeness (QED) is 0.777. The van der Waals surface area contributed by atoms with Crippen molar-refractivity contribution in [2.24, 2.45) is 5.92 Å². The first kappa shape index (κ1) is 13.2. The minimum absolute atomic E-state index is 0.120. The van der Waals surface area contributed by atoms with Crippen molar-refractivity contribution < 1.29 is 9.53 Å². The van der Waals surface area contributed by atoms with Crippen LogP contribution in [-0.4, -0.2) is 22.6 Å². The van der Waals surface area contributed by atoms with E-state index >= 15 is 0 Å². The Labute approximate surface area is 99.4 Å². The fourth-order valence-electron chi connectivity index (χ4n) is 1.59. The Morgan fingerprint density at radius 3 is 2.76 bits per heavy atom. The van der Waals surface area contributed by atoms with Crippen molar-refractivity contribution in [1.82, 2.24) is 9.55 Å². The molecule has 2 N–H and O–H groups in total. The summed E-state index contributed by atoms with van der Waals surface area (Å²) in [4.78, 5) is 27.1. The van der Waals surface area contributed by atoms with Crippen molar-refractivity contribution in [3.05, 3.63) is 22.7 Å². The van der Waals surface area contributed by atoms with E-state index in [9.17, 15) is 9.59 Å². The van der Waals surface area contributed by atoms with Gasteiger partial charge in [-0.3, -0.25) is 9.36 Å². The number of aromatic nitrogens is 2. The number of hydrogen-bond donors (Lipinski definition) is 1. The summed E-state index contributed by atoms with van der Waals surface area (Å²) in [6.45, 7) is 3.93. The molecule has 0 radical (unpaired) electrons. The predicted molar refractivity (Wildman–Crippen MR) is 63.4 cm³/mol. The first-order chi connectivity index (χ1) is 7.97. The lowest BCUT2D eigenvalue weighted by atomic mass is 10.0. The van der Waals surface area contributed by atoms with Gasteiger partial charge in [0, 0.05) is 12.4 Å². The fraction of sp³-hybridized carbons (Fsp3) is 0.545. The highest BCUT2D eigenvalue weighted by atomic mass is 16.5. The van der Waals surface area contributed by atoms with E-state index in [0.29, 0.717) is 6.42 Å². The topological polar surface area (TPSA) is 87.2 Å². The van der Waals surface area contributed by atoms with Crippen molar-refractivity contribution >= 4 is 11.8 Å². The third kappa shape index (κ3) is 3.05. The smallest absolute Gasteiger partial charge is 0.328 e. The van der Waals surface area contributed by atoms with Gasteiger partial charge in [0.05, 0.1) is 7.11 Å². The Morgan fingerprint density at radius 1 is 1.59 bits per heavy atom. The number of rotatable bonds is 4. The minimum Gasteiger partial charge on any atom is -0.467 e. The summed E-state index contributed by atoms with van der Waals surface area (Å²) < 4.78 is 5.97. The van der Waals surface area contributed by atoms with E-state index in [4.69, 9.17) is 10.5 Å². The molecule has 0 unspecified atom stereocenters. The van der Waals surface area contributed by atoms with Gasteiger partial charge in [0.2, 0.25) is 0 Å². The van der Waals surface area contributed by atoms with Crippen LogP contribution in [0.4, 0.5) is 5.82 Å². The zero-order chi connectivity index (χ0) is 13.0. The fourth-order valence-corrected chi connectivity index (χ4v) is 1.59. The molecule has 0 aliphatic carbocycles. The normalized spacial score (nSPS) is 12.5. The Morgan fingerprint density at radius 2 is 2.24 bits per heavy atom. The van der Waals surface area contributed by atoms with Gasteiger partial charge in [0.25, 0.3) is 5.56 Å². The van der Waals surface area contributed by atoms with Crippen LogP contribution in [0.3, 0.4) is 0 Å². The number of nitrogens with two attached hydrogens (primary N) is 1. The average molecular weight is 239 g/mol. The van der Waals surface area contributed by atoms with Crippen LogP contribution in [0.15, 0.2) is 17.2 Å². The van der Waals surface area contributed by atoms with E-state index in [0.717, 1.165) is 0 Å². The van der Waals surface area contributed by atoms with E-state index in [2.05, 4.69) is 4.98 Å². The molecule has 94 valence electrons. The van der Waals surface area contributed by atoms with E-state index in [-0.39, 0.29) is 11.7 Å². The maximum absolute atomic E-state index is 11.8. The molecule has 1 atom stereocenters. The van der Waals surface area contributed by atoms with Crippen molar-refractivity contribution in [2.45, 2.75) is 26.3 Å². The number of esters is 1. The van der Waals surface area contributed by atoms with Crippen LogP contribution in [0.5, 0.6) is 0 Å². The molecule has 0 saturated heterocycles. The second-order valence-corrected chi connectivity index (χ2v) is 4.19. The highest BCUT2D eigenvalue weighted by Gasteiger charge is 2.23. The molecule has 0 fully saturated rings. The summed E-state index contributed by atoms with van der Waals surface area (Å²) in [6.07, 6.45) is 3.35. The molecule has 1 rings (SSSR count). The van der Waals surface area contributed by atoms with Gasteiger partial charge in [0.1, 0.15) is 6.04 Å². The lowest BCUT2D eigenvalue weighted by Gasteiger charge is -2.19. The number of nitrogen functional groups attached to an aromatic ring is 1. The summed E-state index contributed by atoms with van der Waals surface area (Å²) in [6, 6.07) is -0.655. The summed E-state index contributed by atoms with van der Waals surface area (Å²) in [7, 11) is 1.30. The zero-order valence-corrected chi connectivity index (χ0v) is 10.2. The van der Waals surface area contributed by atoms with E-state index in [1.807, 2.05) is 13.8 Å². The SMILES string of the molecule is COC(=O)[C@H](CC(C)C)n1ccnc(N)c1=O. The lowest BCUT2D eigenvalue weighted by molar-refractivity contribution is -0.145. The Balaban J connectivity index is 3.17. The Kier molecular flexibility index (Phi) is 4.25. The number of carbonyl (C=O) groups excluding carboxylic acids is 1. The van der Waals surface area contributed by atoms with E-state index < -0.39 is 17.6 Å². The van der Waals surface area contributed by atoms with Gasteiger partial charge in [-0.25, -0.2) is 9.78 Å². The second kappa shape index (κ2) is 5.47. The van der Waals surface area contributed by atoms with Crippen LogP contribution < -0.4 is 11.3 Å². The second-order valence-electron chi connectivity index (χ2n) is 4.19. The van der Waals surface area contributed by atoms with Crippen LogP contribution in [0, 0.1) is 5.92 Å². The van der Waals surface area contributed by atoms with Crippen LogP contribution in [-0.2, 0) is 9.53 Å². The third-order valence-electron chi connectivity index (χ3n) is 2.40. The molecular formula is C11H17N3O3. The molecule has 0 aromatic carbocycles. The maximum Gasteiger partial charge on any atom is 0.328 e. The summed E-state index contributed by atoms with van der Waals surface area (Å²) >= 11 is 0. The molecule has 17 heavy (non-hydrogen) atoms. The number of methoxy groups -OCH3 is 1. The van der Waals surface area contributed by atoms with Gasteiger partial charge in [-0.1, -0.05) is 13.8 Å². The largest absolute Gasteiger partial charge is 0.467 e. The molecular weight excluding hydrogens is 222 g/mol. The summed E-state index contributed by atoms with van der Waals surface area (Å²) in [5, 5.41) is 0. The highest BCUT2D eigenvalue weighted by Crippen LogP contribution is 2.17. The van der Waals surface area contributed by atoms with Gasteiger partial charge in [-0.2, -0.15) is 0 Å². The molecule has 0 spiro atoms. The van der Waals surface area contributed by atoms with Gasteiger partial charge in [-0.05, 0) is 12.3 Å². The van der Waals surface area contributed by atoms with Crippen molar-refractivity contribution in [3.63, 3.8) is 0 Å². The molecule has 0 amide bonds. The number of hydrogen-bond acceptors (Lipinski definition) is 5. The van der Waals surface area contributed by atoms with Crippen LogP contribution in [0.25, 0.3) is 0 Å². The van der Waals surface area contributed by atoms with Gasteiger partial charge >= 0.3 is 5.97 Å². The van der Waals surface area contributed by atoms with E-state index in [1.54, 1.807) is 0 Å². The molecule has 6 nitrogen and oxygen atoms in total. The number of anilines is 1. The van der Waals surface area contributed by atoms with Crippen LogP contribution in [0.1, 0.15) is 26.3 Å². The van der Waals surface area contributed by atoms with Gasteiger partial charge in [-0.15, -0.1) is 0 Å². The molecule has 0 aliphatic rings. The van der Waals surface area contributed by atoms with Crippen molar-refractivity contribution in [3.8, 4) is 0 Å². The Hall–Kier alpha value is -1.85. The lowest BCUT2D eigenvalue weighted by Crippen LogP contribution is -2.33. The average Bonchev–Trinajstić information content (AvgIpc) is 2.29. The van der Waals surface area contributed by atoms with Gasteiger partial charge < -0.3 is 10.5 Å². The molecule has 0 saturated carbocycles. The molecule has 0 bridgehead atoms. The number of ether oxygens (including phenoxy) is 1.